The fraction of sp³-hybridized carbons (Fsp3) is 0.500. The smallest absolute Gasteiger partial charge is 0.340 e. The van der Waals surface area contributed by atoms with Gasteiger partial charge in [-0.25, -0.2) is 4.79 Å². The molecule has 0 spiro atoms. The molecule has 0 amide bonds. The van der Waals surface area contributed by atoms with Crippen LogP contribution in [0.2, 0.25) is 0 Å². The first-order valence-electron chi connectivity index (χ1n) is 6.72. The van der Waals surface area contributed by atoms with Crippen molar-refractivity contribution in [3.05, 3.63) is 33.9 Å². The molecule has 0 heterocycles. The Balaban J connectivity index is 2.08. The van der Waals surface area contributed by atoms with Crippen molar-refractivity contribution in [2.75, 3.05) is 5.73 Å². The van der Waals surface area contributed by atoms with Crippen LogP contribution in [-0.2, 0) is 4.74 Å². The third kappa shape index (κ3) is 3.26. The number of nitro groups is 1. The van der Waals surface area contributed by atoms with Gasteiger partial charge in [0, 0.05) is 17.8 Å². The molecule has 20 heavy (non-hydrogen) atoms. The maximum atomic E-state index is 12.1. The zero-order valence-electron chi connectivity index (χ0n) is 11.4. The number of nitrogens with two attached hydrogens (primary N) is 1. The van der Waals surface area contributed by atoms with Gasteiger partial charge in [0.25, 0.3) is 5.69 Å². The van der Waals surface area contributed by atoms with Crippen molar-refractivity contribution >= 4 is 17.3 Å². The summed E-state index contributed by atoms with van der Waals surface area (Å²) >= 11 is 0. The molecule has 0 radical (unpaired) electrons. The summed E-state index contributed by atoms with van der Waals surface area (Å²) in [5.74, 6) is 0.0820. The van der Waals surface area contributed by atoms with Crippen LogP contribution < -0.4 is 5.73 Å². The average molecular weight is 278 g/mol. The maximum absolute atomic E-state index is 12.1. The summed E-state index contributed by atoms with van der Waals surface area (Å²) in [6.07, 6.45) is 3.62. The molecule has 0 aliphatic heterocycles. The van der Waals surface area contributed by atoms with Crippen molar-refractivity contribution in [2.45, 2.75) is 38.7 Å². The predicted molar refractivity (Wildman–Crippen MR) is 74.3 cm³/mol. The zero-order chi connectivity index (χ0) is 14.7. The Bertz CT molecular complexity index is 522. The third-order valence-electron chi connectivity index (χ3n) is 3.70. The molecule has 1 saturated carbocycles. The molecule has 1 aliphatic rings. The molecule has 2 rings (SSSR count). The van der Waals surface area contributed by atoms with E-state index in [1.165, 1.54) is 18.2 Å². The molecular formula is C14H18N2O4. The average Bonchev–Trinajstić information content (AvgIpc) is 2.41. The lowest BCUT2D eigenvalue weighted by atomic mass is 9.89. The van der Waals surface area contributed by atoms with E-state index in [-0.39, 0.29) is 23.0 Å². The Labute approximate surface area is 117 Å². The fourth-order valence-electron chi connectivity index (χ4n) is 2.40. The van der Waals surface area contributed by atoms with Gasteiger partial charge in [0.2, 0.25) is 0 Å². The molecule has 6 heteroatoms. The highest BCUT2D eigenvalue weighted by Gasteiger charge is 2.24. The van der Waals surface area contributed by atoms with Gasteiger partial charge in [0.05, 0.1) is 10.5 Å². The Kier molecular flexibility index (Phi) is 4.22. The van der Waals surface area contributed by atoms with Crippen molar-refractivity contribution in [3.63, 3.8) is 0 Å². The number of benzene rings is 1. The summed E-state index contributed by atoms with van der Waals surface area (Å²) in [6, 6.07) is 3.80. The first-order valence-corrected chi connectivity index (χ1v) is 6.72. The van der Waals surface area contributed by atoms with E-state index in [9.17, 15) is 14.9 Å². The van der Waals surface area contributed by atoms with Crippen molar-refractivity contribution < 1.29 is 14.5 Å². The molecule has 0 bridgehead atoms. The number of carbonyl (C=O) groups is 1. The molecule has 108 valence electrons. The highest BCUT2D eigenvalue weighted by Crippen LogP contribution is 2.27. The van der Waals surface area contributed by atoms with E-state index in [1.807, 2.05) is 0 Å². The predicted octanol–water partition coefficient (Wildman–Crippen LogP) is 2.91. The van der Waals surface area contributed by atoms with Gasteiger partial charge in [-0.05, 0) is 37.7 Å². The van der Waals surface area contributed by atoms with Crippen LogP contribution >= 0.6 is 0 Å². The number of anilines is 1. The Morgan fingerprint density at radius 1 is 1.35 bits per heavy atom. The summed E-state index contributed by atoms with van der Waals surface area (Å²) in [4.78, 5) is 22.2. The molecular weight excluding hydrogens is 260 g/mol. The zero-order valence-corrected chi connectivity index (χ0v) is 11.4. The molecule has 0 atom stereocenters. The number of carbonyl (C=O) groups excluding carboxylic acids is 1. The van der Waals surface area contributed by atoms with Gasteiger partial charge < -0.3 is 10.5 Å². The van der Waals surface area contributed by atoms with Crippen LogP contribution in [0, 0.1) is 16.0 Å². The van der Waals surface area contributed by atoms with Crippen LogP contribution in [0.15, 0.2) is 18.2 Å². The summed E-state index contributed by atoms with van der Waals surface area (Å²) in [7, 11) is 0. The number of esters is 1. The van der Waals surface area contributed by atoms with Crippen LogP contribution in [0.1, 0.15) is 43.0 Å². The van der Waals surface area contributed by atoms with E-state index in [1.54, 1.807) is 0 Å². The minimum Gasteiger partial charge on any atom is -0.459 e. The quantitative estimate of drug-likeness (QED) is 0.397. The molecule has 0 unspecified atom stereocenters. The normalized spacial score (nSPS) is 22.2. The maximum Gasteiger partial charge on any atom is 0.340 e. The van der Waals surface area contributed by atoms with Gasteiger partial charge in [-0.2, -0.15) is 0 Å². The number of hydrogen-bond donors (Lipinski definition) is 1. The summed E-state index contributed by atoms with van der Waals surface area (Å²) in [5.41, 5.74) is 5.80. The number of nitrogen functional groups attached to an aromatic ring is 1. The van der Waals surface area contributed by atoms with Gasteiger partial charge >= 0.3 is 5.97 Å². The van der Waals surface area contributed by atoms with Crippen molar-refractivity contribution in [1.29, 1.82) is 0 Å². The lowest BCUT2D eigenvalue weighted by Gasteiger charge is -2.26. The van der Waals surface area contributed by atoms with Gasteiger partial charge in [0.1, 0.15) is 6.10 Å². The standard InChI is InChI=1S/C14H18N2O4/c1-9-2-5-11(6-3-9)20-14(17)12-8-10(16(18)19)4-7-13(12)15/h4,7-9,11H,2-3,5-6,15H2,1H3. The second-order valence-corrected chi connectivity index (χ2v) is 5.32. The Morgan fingerprint density at radius 3 is 2.60 bits per heavy atom. The summed E-state index contributed by atoms with van der Waals surface area (Å²) < 4.78 is 5.40. The van der Waals surface area contributed by atoms with E-state index < -0.39 is 10.9 Å². The molecule has 1 fully saturated rings. The number of ether oxygens (including phenoxy) is 1. The Morgan fingerprint density at radius 2 is 2.00 bits per heavy atom. The van der Waals surface area contributed by atoms with Gasteiger partial charge in [-0.1, -0.05) is 6.92 Å². The van der Waals surface area contributed by atoms with E-state index in [4.69, 9.17) is 10.5 Å². The minimum atomic E-state index is -0.578. The summed E-state index contributed by atoms with van der Waals surface area (Å²) in [5, 5.41) is 10.7. The monoisotopic (exact) mass is 278 g/mol. The molecule has 0 saturated heterocycles. The van der Waals surface area contributed by atoms with Crippen molar-refractivity contribution in [1.82, 2.24) is 0 Å². The highest BCUT2D eigenvalue weighted by molar-refractivity contribution is 5.95. The van der Waals surface area contributed by atoms with E-state index in [2.05, 4.69) is 6.92 Å². The Hall–Kier alpha value is -2.11. The van der Waals surface area contributed by atoms with Gasteiger partial charge in [-0.3, -0.25) is 10.1 Å². The van der Waals surface area contributed by atoms with Crippen LogP contribution in [0.5, 0.6) is 0 Å². The van der Waals surface area contributed by atoms with Crippen LogP contribution in [0.3, 0.4) is 0 Å². The lowest BCUT2D eigenvalue weighted by Crippen LogP contribution is -2.24. The molecule has 6 nitrogen and oxygen atoms in total. The van der Waals surface area contributed by atoms with Crippen LogP contribution in [0.25, 0.3) is 0 Å². The largest absolute Gasteiger partial charge is 0.459 e. The van der Waals surface area contributed by atoms with Gasteiger partial charge in [-0.15, -0.1) is 0 Å². The van der Waals surface area contributed by atoms with Gasteiger partial charge in [0.15, 0.2) is 0 Å². The number of hydrogen-bond acceptors (Lipinski definition) is 5. The lowest BCUT2D eigenvalue weighted by molar-refractivity contribution is -0.384. The van der Waals surface area contributed by atoms with Crippen molar-refractivity contribution in [3.8, 4) is 0 Å². The topological polar surface area (TPSA) is 95.5 Å². The second kappa shape index (κ2) is 5.90. The van der Waals surface area contributed by atoms with E-state index in [0.29, 0.717) is 5.92 Å². The van der Waals surface area contributed by atoms with Crippen LogP contribution in [0.4, 0.5) is 11.4 Å². The summed E-state index contributed by atoms with van der Waals surface area (Å²) in [6.45, 7) is 2.18. The SMILES string of the molecule is CC1CCC(OC(=O)c2cc([N+](=O)[O-])ccc2N)CC1. The van der Waals surface area contributed by atoms with E-state index >= 15 is 0 Å². The number of nitro benzene ring substituents is 1. The first kappa shape index (κ1) is 14.3. The highest BCUT2D eigenvalue weighted by atomic mass is 16.6. The molecule has 1 aromatic rings. The number of nitrogens with zero attached hydrogens (tertiary/aromatic N) is 1. The fourth-order valence-corrected chi connectivity index (χ4v) is 2.40. The molecule has 1 aliphatic carbocycles. The van der Waals surface area contributed by atoms with Crippen molar-refractivity contribution in [2.24, 2.45) is 5.92 Å². The first-order chi connectivity index (χ1) is 9.47. The van der Waals surface area contributed by atoms with Crippen LogP contribution in [-0.4, -0.2) is 17.0 Å². The molecule has 0 aromatic heterocycles. The second-order valence-electron chi connectivity index (χ2n) is 5.32. The minimum absolute atomic E-state index is 0.0674. The van der Waals surface area contributed by atoms with E-state index in [0.717, 1.165) is 25.7 Å². The molecule has 1 aromatic carbocycles. The third-order valence-corrected chi connectivity index (χ3v) is 3.70. The molecule has 2 N–H and O–H groups in total. The number of rotatable bonds is 3. The number of non-ortho nitro benzene ring substituents is 1.